The number of halogens is 1. The second-order valence-corrected chi connectivity index (χ2v) is 4.01. The summed E-state index contributed by atoms with van der Waals surface area (Å²) in [4.78, 5) is 11.9. The molecule has 1 amide bonds. The molecule has 86 valence electrons. The van der Waals surface area contributed by atoms with Crippen molar-refractivity contribution in [3.8, 4) is 0 Å². The number of benzene rings is 1. The van der Waals surface area contributed by atoms with E-state index in [1.54, 1.807) is 19.2 Å². The molecule has 3 nitrogen and oxygen atoms in total. The molecule has 0 aromatic heterocycles. The van der Waals surface area contributed by atoms with E-state index in [0.717, 1.165) is 19.3 Å². The minimum absolute atomic E-state index is 0.200. The zero-order valence-corrected chi connectivity index (χ0v) is 9.22. The van der Waals surface area contributed by atoms with Gasteiger partial charge in [-0.3, -0.25) is 4.79 Å². The molecule has 16 heavy (non-hydrogen) atoms. The molecule has 1 aromatic carbocycles. The summed E-state index contributed by atoms with van der Waals surface area (Å²) < 4.78 is 13.4. The summed E-state index contributed by atoms with van der Waals surface area (Å²) in [7, 11) is 1.61. The van der Waals surface area contributed by atoms with E-state index in [2.05, 4.69) is 10.6 Å². The van der Waals surface area contributed by atoms with Crippen molar-refractivity contribution < 1.29 is 9.18 Å². The first-order valence-corrected chi connectivity index (χ1v) is 5.49. The molecule has 1 aromatic rings. The van der Waals surface area contributed by atoms with Gasteiger partial charge in [-0.1, -0.05) is 6.07 Å². The van der Waals surface area contributed by atoms with Crippen molar-refractivity contribution in [1.82, 2.24) is 5.32 Å². The Morgan fingerprint density at radius 2 is 2.19 bits per heavy atom. The minimum Gasteiger partial charge on any atom is -0.385 e. The van der Waals surface area contributed by atoms with Crippen LogP contribution in [0.25, 0.3) is 0 Å². The zero-order valence-electron chi connectivity index (χ0n) is 9.22. The van der Waals surface area contributed by atoms with E-state index >= 15 is 0 Å². The SMILES string of the molecule is CNc1c(F)cccc1C(=O)NC1CCC1. The molecule has 2 N–H and O–H groups in total. The van der Waals surface area contributed by atoms with Crippen LogP contribution in [0.15, 0.2) is 18.2 Å². The predicted molar refractivity (Wildman–Crippen MR) is 61.1 cm³/mol. The van der Waals surface area contributed by atoms with Gasteiger partial charge in [0.25, 0.3) is 5.91 Å². The molecule has 2 rings (SSSR count). The molecule has 0 saturated heterocycles. The van der Waals surface area contributed by atoms with Crippen LogP contribution >= 0.6 is 0 Å². The molecule has 1 aliphatic carbocycles. The van der Waals surface area contributed by atoms with Crippen LogP contribution in [0.4, 0.5) is 10.1 Å². The normalized spacial score (nSPS) is 15.4. The summed E-state index contributed by atoms with van der Waals surface area (Å²) in [5.41, 5.74) is 0.633. The maximum absolute atomic E-state index is 13.4. The second-order valence-electron chi connectivity index (χ2n) is 4.01. The van der Waals surface area contributed by atoms with Gasteiger partial charge in [0, 0.05) is 13.1 Å². The number of anilines is 1. The summed E-state index contributed by atoms with van der Waals surface area (Å²) in [6.45, 7) is 0. The lowest BCUT2D eigenvalue weighted by Gasteiger charge is -2.26. The van der Waals surface area contributed by atoms with Gasteiger partial charge in [0.1, 0.15) is 5.82 Å². The first-order valence-electron chi connectivity index (χ1n) is 5.49. The largest absolute Gasteiger partial charge is 0.385 e. The van der Waals surface area contributed by atoms with Crippen molar-refractivity contribution in [1.29, 1.82) is 0 Å². The second kappa shape index (κ2) is 4.51. The summed E-state index contributed by atoms with van der Waals surface area (Å²) in [5.74, 6) is -0.600. The van der Waals surface area contributed by atoms with Crippen LogP contribution in [-0.4, -0.2) is 19.0 Å². The number of amides is 1. The predicted octanol–water partition coefficient (Wildman–Crippen LogP) is 2.15. The Morgan fingerprint density at radius 3 is 2.75 bits per heavy atom. The third-order valence-electron chi connectivity index (χ3n) is 2.95. The molecule has 1 fully saturated rings. The van der Waals surface area contributed by atoms with Crippen LogP contribution in [0.2, 0.25) is 0 Å². The molecule has 1 aliphatic rings. The molecular weight excluding hydrogens is 207 g/mol. The highest BCUT2D eigenvalue weighted by molar-refractivity contribution is 5.99. The summed E-state index contributed by atoms with van der Waals surface area (Å²) in [6.07, 6.45) is 3.21. The summed E-state index contributed by atoms with van der Waals surface area (Å²) in [5, 5.41) is 5.61. The van der Waals surface area contributed by atoms with E-state index in [1.165, 1.54) is 6.07 Å². The number of carbonyl (C=O) groups excluding carboxylic acids is 1. The first-order chi connectivity index (χ1) is 7.72. The van der Waals surface area contributed by atoms with Gasteiger partial charge in [0.05, 0.1) is 11.3 Å². The number of hydrogen-bond acceptors (Lipinski definition) is 2. The van der Waals surface area contributed by atoms with Crippen LogP contribution in [0.1, 0.15) is 29.6 Å². The van der Waals surface area contributed by atoms with Crippen molar-refractivity contribution in [2.45, 2.75) is 25.3 Å². The monoisotopic (exact) mass is 222 g/mol. The lowest BCUT2D eigenvalue weighted by Crippen LogP contribution is -2.39. The van der Waals surface area contributed by atoms with Crippen molar-refractivity contribution in [2.24, 2.45) is 0 Å². The number of nitrogens with one attached hydrogen (secondary N) is 2. The molecule has 0 unspecified atom stereocenters. The van der Waals surface area contributed by atoms with E-state index in [1.807, 2.05) is 0 Å². The number of hydrogen-bond donors (Lipinski definition) is 2. The van der Waals surface area contributed by atoms with Crippen LogP contribution < -0.4 is 10.6 Å². The molecule has 0 radical (unpaired) electrons. The first kappa shape index (κ1) is 10.9. The van der Waals surface area contributed by atoms with Gasteiger partial charge in [0.15, 0.2) is 0 Å². The lowest BCUT2D eigenvalue weighted by atomic mass is 9.93. The molecule has 0 spiro atoms. The third kappa shape index (κ3) is 2.01. The average Bonchev–Trinajstić information content (AvgIpc) is 2.22. The topological polar surface area (TPSA) is 41.1 Å². The Hall–Kier alpha value is -1.58. The van der Waals surface area contributed by atoms with Gasteiger partial charge in [-0.2, -0.15) is 0 Å². The Balaban J connectivity index is 2.18. The van der Waals surface area contributed by atoms with Crippen molar-refractivity contribution in [3.63, 3.8) is 0 Å². The van der Waals surface area contributed by atoms with Gasteiger partial charge >= 0.3 is 0 Å². The van der Waals surface area contributed by atoms with Crippen LogP contribution in [0, 0.1) is 5.82 Å². The van der Waals surface area contributed by atoms with E-state index < -0.39 is 5.82 Å². The maximum Gasteiger partial charge on any atom is 0.253 e. The number of carbonyl (C=O) groups is 1. The maximum atomic E-state index is 13.4. The van der Waals surface area contributed by atoms with Gasteiger partial charge < -0.3 is 10.6 Å². The Kier molecular flexibility index (Phi) is 3.08. The van der Waals surface area contributed by atoms with Gasteiger partial charge in [0.2, 0.25) is 0 Å². The van der Waals surface area contributed by atoms with Crippen molar-refractivity contribution >= 4 is 11.6 Å². The third-order valence-corrected chi connectivity index (χ3v) is 2.95. The average molecular weight is 222 g/mol. The van der Waals surface area contributed by atoms with Crippen LogP contribution in [0.5, 0.6) is 0 Å². The summed E-state index contributed by atoms with van der Waals surface area (Å²) in [6, 6.07) is 4.78. The van der Waals surface area contributed by atoms with E-state index in [4.69, 9.17) is 0 Å². The molecule has 0 aliphatic heterocycles. The highest BCUT2D eigenvalue weighted by atomic mass is 19.1. The fourth-order valence-electron chi connectivity index (χ4n) is 1.78. The fourth-order valence-corrected chi connectivity index (χ4v) is 1.78. The molecule has 0 heterocycles. The minimum atomic E-state index is -0.399. The standard InChI is InChI=1S/C12H15FN2O/c1-14-11-9(6-3-7-10(11)13)12(16)15-8-4-2-5-8/h3,6-8,14H,2,4-5H2,1H3,(H,15,16). The Labute approximate surface area is 94.0 Å². The quantitative estimate of drug-likeness (QED) is 0.822. The van der Waals surface area contributed by atoms with E-state index in [0.29, 0.717) is 5.56 Å². The van der Waals surface area contributed by atoms with E-state index in [9.17, 15) is 9.18 Å². The van der Waals surface area contributed by atoms with Gasteiger partial charge in [-0.05, 0) is 31.4 Å². The van der Waals surface area contributed by atoms with Gasteiger partial charge in [-0.25, -0.2) is 4.39 Å². The molecular formula is C12H15FN2O. The van der Waals surface area contributed by atoms with Crippen LogP contribution in [-0.2, 0) is 0 Å². The highest BCUT2D eigenvalue weighted by Crippen LogP contribution is 2.22. The molecule has 0 bridgehead atoms. The smallest absolute Gasteiger partial charge is 0.253 e. The summed E-state index contributed by atoms with van der Waals surface area (Å²) >= 11 is 0. The van der Waals surface area contributed by atoms with Crippen molar-refractivity contribution in [3.05, 3.63) is 29.6 Å². The van der Waals surface area contributed by atoms with Crippen molar-refractivity contribution in [2.75, 3.05) is 12.4 Å². The fraction of sp³-hybridized carbons (Fsp3) is 0.417. The molecule has 4 heteroatoms. The number of rotatable bonds is 3. The zero-order chi connectivity index (χ0) is 11.5. The highest BCUT2D eigenvalue weighted by Gasteiger charge is 2.22. The molecule has 1 saturated carbocycles. The van der Waals surface area contributed by atoms with E-state index in [-0.39, 0.29) is 17.6 Å². The van der Waals surface area contributed by atoms with Crippen LogP contribution in [0.3, 0.4) is 0 Å². The lowest BCUT2D eigenvalue weighted by molar-refractivity contribution is 0.0917. The molecule has 0 atom stereocenters. The Bertz CT molecular complexity index is 402. The number of para-hydroxylation sites is 1. The Morgan fingerprint density at radius 1 is 1.44 bits per heavy atom. The van der Waals surface area contributed by atoms with Gasteiger partial charge in [-0.15, -0.1) is 0 Å².